The van der Waals surface area contributed by atoms with Gasteiger partial charge in [-0.05, 0) is 30.7 Å². The van der Waals surface area contributed by atoms with Crippen LogP contribution in [0.2, 0.25) is 0 Å². The van der Waals surface area contributed by atoms with Gasteiger partial charge in [-0.25, -0.2) is 4.79 Å². The average Bonchev–Trinajstić information content (AvgIpc) is 2.63. The number of hydrogen-bond acceptors (Lipinski definition) is 3. The van der Waals surface area contributed by atoms with Crippen molar-refractivity contribution in [3.63, 3.8) is 0 Å². The van der Waals surface area contributed by atoms with E-state index in [1.165, 1.54) is 5.56 Å². The van der Waals surface area contributed by atoms with E-state index in [4.69, 9.17) is 0 Å². The predicted molar refractivity (Wildman–Crippen MR) is 99.3 cm³/mol. The van der Waals surface area contributed by atoms with Gasteiger partial charge in [0.2, 0.25) is 0 Å². The normalized spacial score (nSPS) is 20.8. The Morgan fingerprint density at radius 3 is 2.44 bits per heavy atom. The molecule has 0 spiro atoms. The molecule has 2 aromatic carbocycles. The number of nitrogens with zero attached hydrogens (tertiary/aromatic N) is 1. The van der Waals surface area contributed by atoms with Crippen LogP contribution in [0.15, 0.2) is 60.7 Å². The molecule has 5 heteroatoms. The quantitative estimate of drug-likeness (QED) is 0.785. The molecule has 0 aromatic heterocycles. The Morgan fingerprint density at radius 1 is 1.08 bits per heavy atom. The number of benzene rings is 2. The highest BCUT2D eigenvalue weighted by Gasteiger charge is 2.30. The van der Waals surface area contributed by atoms with Gasteiger partial charge in [-0.3, -0.25) is 4.90 Å². The van der Waals surface area contributed by atoms with Gasteiger partial charge in [0, 0.05) is 37.3 Å². The minimum Gasteiger partial charge on any atom is -0.396 e. The molecule has 3 N–H and O–H groups in total. The molecular weight excluding hydrogens is 314 g/mol. The standard InChI is InChI=1S/C20H25N3O2/c24-15-17-11-12-23(13-16-7-3-1-4-8-16)14-19(17)22-20(25)21-18-9-5-2-6-10-18/h1-10,17,19,24H,11-15H2,(H2,21,22,25)/t17-,19-/m1/s1. The average molecular weight is 339 g/mol. The number of anilines is 1. The van der Waals surface area contributed by atoms with E-state index in [9.17, 15) is 9.90 Å². The summed E-state index contributed by atoms with van der Waals surface area (Å²) < 4.78 is 0. The Labute approximate surface area is 148 Å². The van der Waals surface area contributed by atoms with Gasteiger partial charge in [-0.15, -0.1) is 0 Å². The molecule has 2 atom stereocenters. The highest BCUT2D eigenvalue weighted by molar-refractivity contribution is 5.89. The smallest absolute Gasteiger partial charge is 0.319 e. The summed E-state index contributed by atoms with van der Waals surface area (Å²) in [6.07, 6.45) is 0.875. The molecule has 1 fully saturated rings. The summed E-state index contributed by atoms with van der Waals surface area (Å²) in [5.74, 6) is 0.0912. The topological polar surface area (TPSA) is 64.6 Å². The zero-order valence-corrected chi connectivity index (χ0v) is 14.3. The van der Waals surface area contributed by atoms with E-state index in [0.29, 0.717) is 0 Å². The molecule has 2 amide bonds. The summed E-state index contributed by atoms with van der Waals surface area (Å²) in [5.41, 5.74) is 2.02. The molecule has 5 nitrogen and oxygen atoms in total. The first-order valence-corrected chi connectivity index (χ1v) is 8.74. The zero-order valence-electron chi connectivity index (χ0n) is 14.3. The maximum atomic E-state index is 12.3. The zero-order chi connectivity index (χ0) is 17.5. The molecule has 0 saturated carbocycles. The highest BCUT2D eigenvalue weighted by atomic mass is 16.3. The molecule has 1 heterocycles. The third kappa shape index (κ3) is 5.05. The third-order valence-electron chi connectivity index (χ3n) is 4.67. The predicted octanol–water partition coefficient (Wildman–Crippen LogP) is 2.69. The van der Waals surface area contributed by atoms with Gasteiger partial charge in [0.15, 0.2) is 0 Å². The number of carbonyl (C=O) groups is 1. The lowest BCUT2D eigenvalue weighted by molar-refractivity contribution is 0.0958. The molecule has 0 bridgehead atoms. The second-order valence-electron chi connectivity index (χ2n) is 6.52. The number of aliphatic hydroxyl groups excluding tert-OH is 1. The molecule has 1 saturated heterocycles. The highest BCUT2D eigenvalue weighted by Crippen LogP contribution is 2.19. The lowest BCUT2D eigenvalue weighted by Crippen LogP contribution is -2.54. The Balaban J connectivity index is 1.58. The monoisotopic (exact) mass is 339 g/mol. The molecule has 1 aliphatic rings. The van der Waals surface area contributed by atoms with Crippen LogP contribution < -0.4 is 10.6 Å². The van der Waals surface area contributed by atoms with Gasteiger partial charge in [0.1, 0.15) is 0 Å². The molecule has 3 rings (SSSR count). The summed E-state index contributed by atoms with van der Waals surface area (Å²) in [4.78, 5) is 14.6. The van der Waals surface area contributed by atoms with Gasteiger partial charge in [0.05, 0.1) is 0 Å². The van der Waals surface area contributed by atoms with Crippen LogP contribution >= 0.6 is 0 Å². The second-order valence-corrected chi connectivity index (χ2v) is 6.52. The van der Waals surface area contributed by atoms with Crippen molar-refractivity contribution in [1.29, 1.82) is 0 Å². The van der Waals surface area contributed by atoms with E-state index >= 15 is 0 Å². The van der Waals surface area contributed by atoms with Crippen LogP contribution in [-0.2, 0) is 6.54 Å². The van der Waals surface area contributed by atoms with Gasteiger partial charge in [0.25, 0.3) is 0 Å². The van der Waals surface area contributed by atoms with Crippen molar-refractivity contribution in [3.05, 3.63) is 66.2 Å². The number of likely N-dealkylation sites (tertiary alicyclic amines) is 1. The van der Waals surface area contributed by atoms with E-state index in [1.807, 2.05) is 48.5 Å². The number of rotatable bonds is 5. The summed E-state index contributed by atoms with van der Waals surface area (Å²) in [6.45, 7) is 2.62. The lowest BCUT2D eigenvalue weighted by atomic mass is 9.92. The fraction of sp³-hybridized carbons (Fsp3) is 0.350. The van der Waals surface area contributed by atoms with Crippen LogP contribution in [0.5, 0.6) is 0 Å². The third-order valence-corrected chi connectivity index (χ3v) is 4.67. The SMILES string of the molecule is O=C(Nc1ccccc1)N[C@@H]1CN(Cc2ccccc2)CC[C@@H]1CO. The van der Waals surface area contributed by atoms with Gasteiger partial charge >= 0.3 is 6.03 Å². The summed E-state index contributed by atoms with van der Waals surface area (Å²) >= 11 is 0. The van der Waals surface area contributed by atoms with Crippen LogP contribution in [0.1, 0.15) is 12.0 Å². The number of nitrogens with one attached hydrogen (secondary N) is 2. The molecule has 2 aromatic rings. The number of aliphatic hydroxyl groups is 1. The number of carbonyl (C=O) groups excluding carboxylic acids is 1. The summed E-state index contributed by atoms with van der Waals surface area (Å²) in [7, 11) is 0. The molecule has 132 valence electrons. The van der Waals surface area contributed by atoms with Crippen molar-refractivity contribution in [3.8, 4) is 0 Å². The fourth-order valence-electron chi connectivity index (χ4n) is 3.29. The van der Waals surface area contributed by atoms with E-state index in [0.717, 1.165) is 31.7 Å². The second kappa shape index (κ2) is 8.65. The fourth-order valence-corrected chi connectivity index (χ4v) is 3.29. The van der Waals surface area contributed by atoms with Gasteiger partial charge < -0.3 is 15.7 Å². The van der Waals surface area contributed by atoms with Crippen LogP contribution in [0.25, 0.3) is 0 Å². The Kier molecular flexibility index (Phi) is 6.04. The maximum absolute atomic E-state index is 12.3. The van der Waals surface area contributed by atoms with Crippen molar-refractivity contribution in [2.24, 2.45) is 5.92 Å². The number of piperidine rings is 1. The van der Waals surface area contributed by atoms with Crippen molar-refractivity contribution in [1.82, 2.24) is 10.2 Å². The molecule has 1 aliphatic heterocycles. The number of urea groups is 1. The minimum absolute atomic E-state index is 0.0637. The van der Waals surface area contributed by atoms with Crippen LogP contribution in [-0.4, -0.2) is 41.8 Å². The number of hydrogen-bond donors (Lipinski definition) is 3. The largest absolute Gasteiger partial charge is 0.396 e. The van der Waals surface area contributed by atoms with Crippen LogP contribution in [0, 0.1) is 5.92 Å². The maximum Gasteiger partial charge on any atom is 0.319 e. The first-order valence-electron chi connectivity index (χ1n) is 8.74. The minimum atomic E-state index is -0.226. The molecule has 0 radical (unpaired) electrons. The molecular formula is C20H25N3O2. The van der Waals surface area contributed by atoms with Crippen LogP contribution in [0.4, 0.5) is 10.5 Å². The van der Waals surface area contributed by atoms with Gasteiger partial charge in [-0.2, -0.15) is 0 Å². The molecule has 0 aliphatic carbocycles. The van der Waals surface area contributed by atoms with Gasteiger partial charge in [-0.1, -0.05) is 48.5 Å². The van der Waals surface area contributed by atoms with E-state index in [-0.39, 0.29) is 24.6 Å². The summed E-state index contributed by atoms with van der Waals surface area (Å²) in [5, 5.41) is 15.5. The first-order chi connectivity index (χ1) is 12.2. The summed E-state index contributed by atoms with van der Waals surface area (Å²) in [6, 6.07) is 19.4. The number of para-hydroxylation sites is 1. The Morgan fingerprint density at radius 2 is 1.76 bits per heavy atom. The first kappa shape index (κ1) is 17.5. The van der Waals surface area contributed by atoms with Crippen molar-refractivity contribution in [2.45, 2.75) is 19.0 Å². The molecule has 25 heavy (non-hydrogen) atoms. The van der Waals surface area contributed by atoms with Crippen molar-refractivity contribution in [2.75, 3.05) is 25.0 Å². The van der Waals surface area contributed by atoms with E-state index < -0.39 is 0 Å². The lowest BCUT2D eigenvalue weighted by Gasteiger charge is -2.38. The van der Waals surface area contributed by atoms with Crippen molar-refractivity contribution < 1.29 is 9.90 Å². The Bertz CT molecular complexity index is 663. The van der Waals surface area contributed by atoms with Crippen LogP contribution in [0.3, 0.4) is 0 Å². The van der Waals surface area contributed by atoms with E-state index in [2.05, 4.69) is 27.7 Å². The van der Waals surface area contributed by atoms with E-state index in [1.54, 1.807) is 0 Å². The molecule has 0 unspecified atom stereocenters. The van der Waals surface area contributed by atoms with Crippen molar-refractivity contribution >= 4 is 11.7 Å². The number of amides is 2. The Hall–Kier alpha value is -2.37.